The van der Waals surface area contributed by atoms with Crippen LogP contribution in [-0.4, -0.2) is 23.3 Å². The standard InChI is InChI=1S/C20H19NO3/c1-2-24-20(23)16-6-3-14(4-7-16)12-18(22)13-15-5-8-19-17(11-15)9-10-21-19/h3-11,21H,2,12-13H2,1H3. The SMILES string of the molecule is CCOC(=O)c1ccc(CC(=O)Cc2ccc3[nH]ccc3c2)cc1. The third-order valence-corrected chi connectivity index (χ3v) is 3.89. The summed E-state index contributed by atoms with van der Waals surface area (Å²) in [6.45, 7) is 2.13. The van der Waals surface area contributed by atoms with E-state index >= 15 is 0 Å². The van der Waals surface area contributed by atoms with Crippen LogP contribution in [0.5, 0.6) is 0 Å². The molecule has 0 fully saturated rings. The number of hydrogen-bond acceptors (Lipinski definition) is 3. The van der Waals surface area contributed by atoms with Gasteiger partial charge in [0.25, 0.3) is 0 Å². The smallest absolute Gasteiger partial charge is 0.338 e. The Hall–Kier alpha value is -2.88. The quantitative estimate of drug-likeness (QED) is 0.704. The first kappa shape index (κ1) is 16.0. The van der Waals surface area contributed by atoms with Crippen LogP contribution in [0.3, 0.4) is 0 Å². The van der Waals surface area contributed by atoms with Gasteiger partial charge in [0.2, 0.25) is 0 Å². The summed E-state index contributed by atoms with van der Waals surface area (Å²) >= 11 is 0. The van der Waals surface area contributed by atoms with E-state index in [9.17, 15) is 9.59 Å². The number of aromatic amines is 1. The summed E-state index contributed by atoms with van der Waals surface area (Å²) in [7, 11) is 0. The van der Waals surface area contributed by atoms with Crippen molar-refractivity contribution in [1.82, 2.24) is 4.98 Å². The van der Waals surface area contributed by atoms with Gasteiger partial charge in [0, 0.05) is 24.6 Å². The number of Topliss-reactive ketones (excluding diaryl/α,β-unsaturated/α-hetero) is 1. The zero-order valence-electron chi connectivity index (χ0n) is 13.5. The zero-order valence-corrected chi connectivity index (χ0v) is 13.5. The van der Waals surface area contributed by atoms with Crippen molar-refractivity contribution in [3.63, 3.8) is 0 Å². The van der Waals surface area contributed by atoms with Gasteiger partial charge in [-0.15, -0.1) is 0 Å². The molecule has 1 N–H and O–H groups in total. The number of rotatable bonds is 6. The lowest BCUT2D eigenvalue weighted by atomic mass is 10.0. The van der Waals surface area contributed by atoms with Gasteiger partial charge in [0.05, 0.1) is 12.2 Å². The maximum Gasteiger partial charge on any atom is 0.338 e. The molecule has 3 rings (SSSR count). The lowest BCUT2D eigenvalue weighted by Crippen LogP contribution is -2.08. The number of ether oxygens (including phenoxy) is 1. The molecule has 0 aliphatic heterocycles. The van der Waals surface area contributed by atoms with Crippen LogP contribution in [0.25, 0.3) is 10.9 Å². The number of carbonyl (C=O) groups is 2. The van der Waals surface area contributed by atoms with E-state index in [-0.39, 0.29) is 11.8 Å². The molecule has 4 heteroatoms. The van der Waals surface area contributed by atoms with Crippen LogP contribution in [0.1, 0.15) is 28.4 Å². The van der Waals surface area contributed by atoms with Gasteiger partial charge in [-0.1, -0.05) is 18.2 Å². The van der Waals surface area contributed by atoms with E-state index < -0.39 is 0 Å². The average molecular weight is 321 g/mol. The second-order valence-electron chi connectivity index (χ2n) is 5.71. The topological polar surface area (TPSA) is 59.2 Å². The highest BCUT2D eigenvalue weighted by atomic mass is 16.5. The van der Waals surface area contributed by atoms with Crippen LogP contribution in [-0.2, 0) is 22.4 Å². The van der Waals surface area contributed by atoms with Crippen LogP contribution >= 0.6 is 0 Å². The molecule has 2 aromatic carbocycles. The molecule has 0 saturated carbocycles. The van der Waals surface area contributed by atoms with Gasteiger partial charge in [-0.3, -0.25) is 4.79 Å². The first-order valence-corrected chi connectivity index (χ1v) is 7.99. The first-order chi connectivity index (χ1) is 11.7. The van der Waals surface area contributed by atoms with Crippen LogP contribution in [0.4, 0.5) is 0 Å². The van der Waals surface area contributed by atoms with E-state index in [0.717, 1.165) is 22.0 Å². The molecule has 0 amide bonds. The summed E-state index contributed by atoms with van der Waals surface area (Å²) in [6.07, 6.45) is 2.65. The molecule has 4 nitrogen and oxygen atoms in total. The van der Waals surface area contributed by atoms with E-state index in [1.54, 1.807) is 31.2 Å². The summed E-state index contributed by atoms with van der Waals surface area (Å²) in [6, 6.07) is 15.0. The predicted molar refractivity (Wildman–Crippen MR) is 93.1 cm³/mol. The molecule has 0 spiro atoms. The molecule has 0 unspecified atom stereocenters. The number of benzene rings is 2. The highest BCUT2D eigenvalue weighted by Gasteiger charge is 2.09. The van der Waals surface area contributed by atoms with Gasteiger partial charge in [0.15, 0.2) is 0 Å². The third-order valence-electron chi connectivity index (χ3n) is 3.89. The van der Waals surface area contributed by atoms with Gasteiger partial charge in [-0.05, 0) is 53.8 Å². The van der Waals surface area contributed by atoms with Crippen molar-refractivity contribution >= 4 is 22.7 Å². The molecule has 0 saturated heterocycles. The second-order valence-corrected chi connectivity index (χ2v) is 5.71. The number of hydrogen-bond donors (Lipinski definition) is 1. The Morgan fingerprint density at radius 2 is 1.67 bits per heavy atom. The number of esters is 1. The average Bonchev–Trinajstić information content (AvgIpc) is 3.03. The van der Waals surface area contributed by atoms with Crippen molar-refractivity contribution in [2.45, 2.75) is 19.8 Å². The highest BCUT2D eigenvalue weighted by molar-refractivity contribution is 5.90. The van der Waals surface area contributed by atoms with E-state index in [4.69, 9.17) is 4.74 Å². The van der Waals surface area contributed by atoms with Crippen molar-refractivity contribution in [1.29, 1.82) is 0 Å². The summed E-state index contributed by atoms with van der Waals surface area (Å²) in [4.78, 5) is 27.0. The van der Waals surface area contributed by atoms with Gasteiger partial charge < -0.3 is 9.72 Å². The van der Waals surface area contributed by atoms with Crippen LogP contribution in [0.15, 0.2) is 54.7 Å². The number of H-pyrrole nitrogens is 1. The number of aromatic nitrogens is 1. The third kappa shape index (κ3) is 3.71. The van der Waals surface area contributed by atoms with Crippen LogP contribution < -0.4 is 0 Å². The predicted octanol–water partition coefficient (Wildman–Crippen LogP) is 3.70. The molecular weight excluding hydrogens is 302 g/mol. The minimum Gasteiger partial charge on any atom is -0.462 e. The fourth-order valence-electron chi connectivity index (χ4n) is 2.70. The fraction of sp³-hybridized carbons (Fsp3) is 0.200. The Morgan fingerprint density at radius 3 is 2.42 bits per heavy atom. The Bertz CT molecular complexity index is 862. The van der Waals surface area contributed by atoms with Gasteiger partial charge >= 0.3 is 5.97 Å². The van der Waals surface area contributed by atoms with Gasteiger partial charge in [0.1, 0.15) is 5.78 Å². The van der Waals surface area contributed by atoms with Crippen molar-refractivity contribution < 1.29 is 14.3 Å². The number of fused-ring (bicyclic) bond motifs is 1. The molecule has 0 aliphatic carbocycles. The minimum absolute atomic E-state index is 0.147. The number of ketones is 1. The largest absolute Gasteiger partial charge is 0.462 e. The normalized spacial score (nSPS) is 10.7. The van der Waals surface area contributed by atoms with Crippen molar-refractivity contribution in [2.24, 2.45) is 0 Å². The maximum atomic E-state index is 12.3. The molecule has 0 bridgehead atoms. The summed E-state index contributed by atoms with van der Waals surface area (Å²) in [5.41, 5.74) is 3.48. The molecule has 1 heterocycles. The Kier molecular flexibility index (Phi) is 4.75. The monoisotopic (exact) mass is 321 g/mol. The molecule has 0 aliphatic rings. The maximum absolute atomic E-state index is 12.3. The van der Waals surface area contributed by atoms with Crippen LogP contribution in [0.2, 0.25) is 0 Å². The van der Waals surface area contributed by atoms with E-state index in [0.29, 0.717) is 25.0 Å². The molecule has 122 valence electrons. The minimum atomic E-state index is -0.338. The van der Waals surface area contributed by atoms with Crippen molar-refractivity contribution in [3.05, 3.63) is 71.4 Å². The summed E-state index contributed by atoms with van der Waals surface area (Å²) in [5, 5.41) is 1.11. The number of nitrogens with one attached hydrogen (secondary N) is 1. The van der Waals surface area contributed by atoms with Crippen LogP contribution in [0, 0.1) is 0 Å². The molecule has 24 heavy (non-hydrogen) atoms. The highest BCUT2D eigenvalue weighted by Crippen LogP contribution is 2.15. The molecule has 0 atom stereocenters. The molecular formula is C20H19NO3. The lowest BCUT2D eigenvalue weighted by molar-refractivity contribution is -0.117. The summed E-state index contributed by atoms with van der Waals surface area (Å²) in [5.74, 6) is -0.191. The second kappa shape index (κ2) is 7.13. The number of carbonyl (C=O) groups excluding carboxylic acids is 2. The van der Waals surface area contributed by atoms with Crippen molar-refractivity contribution in [3.8, 4) is 0 Å². The fourth-order valence-corrected chi connectivity index (χ4v) is 2.70. The molecule has 0 radical (unpaired) electrons. The summed E-state index contributed by atoms with van der Waals surface area (Å²) < 4.78 is 4.95. The van der Waals surface area contributed by atoms with Gasteiger partial charge in [-0.2, -0.15) is 0 Å². The zero-order chi connectivity index (χ0) is 16.9. The van der Waals surface area contributed by atoms with E-state index in [1.807, 2.05) is 30.5 Å². The Morgan fingerprint density at radius 1 is 0.958 bits per heavy atom. The van der Waals surface area contributed by atoms with Gasteiger partial charge in [-0.25, -0.2) is 4.79 Å². The molecule has 1 aromatic heterocycles. The molecule has 3 aromatic rings. The van der Waals surface area contributed by atoms with E-state index in [2.05, 4.69) is 4.98 Å². The lowest BCUT2D eigenvalue weighted by Gasteiger charge is -2.05. The van der Waals surface area contributed by atoms with Crippen molar-refractivity contribution in [2.75, 3.05) is 6.61 Å². The Balaban J connectivity index is 1.62. The first-order valence-electron chi connectivity index (χ1n) is 7.99. The Labute approximate surface area is 140 Å². The van der Waals surface area contributed by atoms with E-state index in [1.165, 1.54) is 0 Å².